The molecule has 0 bridgehead atoms. The van der Waals surface area contributed by atoms with Crippen molar-refractivity contribution in [3.8, 4) is 17.2 Å². The van der Waals surface area contributed by atoms with Gasteiger partial charge in [0.05, 0.1) is 0 Å². The molecular weight excluding hydrogens is 492 g/mol. The molecule has 0 aliphatic rings. The Morgan fingerprint density at radius 2 is 0.775 bits per heavy atom. The second-order valence-electron chi connectivity index (χ2n) is 15.0. The van der Waals surface area contributed by atoms with Gasteiger partial charge in [-0.2, -0.15) is 0 Å². The first-order valence-corrected chi connectivity index (χ1v) is 14.7. The van der Waals surface area contributed by atoms with E-state index >= 15 is 0 Å². The summed E-state index contributed by atoms with van der Waals surface area (Å²) in [6, 6.07) is 12.4. The molecule has 0 fully saturated rings. The van der Waals surface area contributed by atoms with Gasteiger partial charge in [-0.05, 0) is 88.3 Å². The van der Waals surface area contributed by atoms with Gasteiger partial charge in [0.15, 0.2) is 0 Å². The molecule has 0 radical (unpaired) electrons. The molecular formula is C37H52O3. The lowest BCUT2D eigenvalue weighted by Gasteiger charge is -2.32. The lowest BCUT2D eigenvalue weighted by Crippen LogP contribution is -2.18. The van der Waals surface area contributed by atoms with E-state index in [2.05, 4.69) is 94.4 Å². The summed E-state index contributed by atoms with van der Waals surface area (Å²) < 4.78 is 0. The van der Waals surface area contributed by atoms with Crippen LogP contribution in [0.4, 0.5) is 0 Å². The summed E-state index contributed by atoms with van der Waals surface area (Å²) in [5.41, 5.74) is 7.70. The Kier molecular flexibility index (Phi) is 8.53. The second-order valence-corrected chi connectivity index (χ2v) is 15.0. The van der Waals surface area contributed by atoms with E-state index in [-0.39, 0.29) is 28.1 Å². The third-order valence-electron chi connectivity index (χ3n) is 8.51. The summed E-state index contributed by atoms with van der Waals surface area (Å²) in [7, 11) is 0. The first-order valence-electron chi connectivity index (χ1n) is 14.7. The summed E-state index contributed by atoms with van der Waals surface area (Å²) in [5.74, 6) is 0.633. The van der Waals surface area contributed by atoms with Gasteiger partial charge in [-0.25, -0.2) is 0 Å². The fourth-order valence-electron chi connectivity index (χ4n) is 6.30. The SMILES string of the molecule is Cc1ccc(C(C)(C)C)c(O)c1C(C[C@@H](C)c1c(C)ccc(C(C)(C)C)c1O)c1c(C)ccc(C(C)(C)C)c1O. The average molecular weight is 545 g/mol. The van der Waals surface area contributed by atoms with Crippen molar-refractivity contribution in [3.05, 3.63) is 86.5 Å². The number of rotatable bonds is 5. The zero-order chi connectivity index (χ0) is 30.5. The minimum absolute atomic E-state index is 0.0403. The Hall–Kier alpha value is -2.94. The molecule has 3 rings (SSSR count). The first-order chi connectivity index (χ1) is 18.2. The van der Waals surface area contributed by atoms with E-state index in [1.807, 2.05) is 32.0 Å². The van der Waals surface area contributed by atoms with E-state index in [4.69, 9.17) is 0 Å². The Morgan fingerprint density at radius 1 is 0.500 bits per heavy atom. The van der Waals surface area contributed by atoms with Crippen LogP contribution in [-0.4, -0.2) is 15.3 Å². The Balaban J connectivity index is 2.36. The first kappa shape index (κ1) is 31.6. The molecule has 0 aliphatic carbocycles. The van der Waals surface area contributed by atoms with Gasteiger partial charge in [0.1, 0.15) is 17.2 Å². The lowest BCUT2D eigenvalue weighted by molar-refractivity contribution is 0.416. The quantitative estimate of drug-likeness (QED) is 0.299. The van der Waals surface area contributed by atoms with Crippen molar-refractivity contribution in [1.29, 1.82) is 0 Å². The zero-order valence-electron chi connectivity index (χ0n) is 27.2. The van der Waals surface area contributed by atoms with Gasteiger partial charge in [0, 0.05) is 17.0 Å². The average Bonchev–Trinajstić information content (AvgIpc) is 2.76. The van der Waals surface area contributed by atoms with Crippen LogP contribution < -0.4 is 0 Å². The summed E-state index contributed by atoms with van der Waals surface area (Å²) in [4.78, 5) is 0. The van der Waals surface area contributed by atoms with Gasteiger partial charge in [0.25, 0.3) is 0 Å². The van der Waals surface area contributed by atoms with Crippen molar-refractivity contribution < 1.29 is 15.3 Å². The van der Waals surface area contributed by atoms with Crippen LogP contribution in [0.25, 0.3) is 0 Å². The second kappa shape index (κ2) is 10.8. The summed E-state index contributed by atoms with van der Waals surface area (Å²) in [5, 5.41) is 35.3. The van der Waals surface area contributed by atoms with E-state index in [1.54, 1.807) is 0 Å². The van der Waals surface area contributed by atoms with Gasteiger partial charge in [-0.1, -0.05) is 106 Å². The molecule has 3 aromatic rings. The number of hydrogen-bond donors (Lipinski definition) is 3. The summed E-state index contributed by atoms with van der Waals surface area (Å²) >= 11 is 0. The molecule has 0 heterocycles. The maximum atomic E-state index is 11.9. The van der Waals surface area contributed by atoms with Crippen LogP contribution in [0, 0.1) is 20.8 Å². The Labute approximate surface area is 243 Å². The van der Waals surface area contributed by atoms with E-state index in [1.165, 1.54) is 0 Å². The van der Waals surface area contributed by atoms with Gasteiger partial charge in [-0.15, -0.1) is 0 Å². The smallest absolute Gasteiger partial charge is 0.123 e. The van der Waals surface area contributed by atoms with Crippen LogP contribution >= 0.6 is 0 Å². The minimum Gasteiger partial charge on any atom is -0.507 e. The fourth-order valence-corrected chi connectivity index (χ4v) is 6.30. The van der Waals surface area contributed by atoms with Gasteiger partial charge < -0.3 is 15.3 Å². The summed E-state index contributed by atoms with van der Waals surface area (Å²) in [6.45, 7) is 27.3. The fraction of sp³-hybridized carbons (Fsp3) is 0.514. The molecule has 218 valence electrons. The summed E-state index contributed by atoms with van der Waals surface area (Å²) in [6.07, 6.45) is 0.617. The number of phenols is 3. The highest BCUT2D eigenvalue weighted by Gasteiger charge is 2.33. The highest BCUT2D eigenvalue weighted by Crippen LogP contribution is 2.50. The molecule has 3 nitrogen and oxygen atoms in total. The van der Waals surface area contributed by atoms with E-state index in [9.17, 15) is 15.3 Å². The van der Waals surface area contributed by atoms with Crippen LogP contribution in [0.3, 0.4) is 0 Å². The number of aryl methyl sites for hydroxylation is 3. The number of benzene rings is 3. The molecule has 0 spiro atoms. The van der Waals surface area contributed by atoms with E-state index in [0.29, 0.717) is 23.7 Å². The topological polar surface area (TPSA) is 60.7 Å². The molecule has 3 heteroatoms. The van der Waals surface area contributed by atoms with Gasteiger partial charge >= 0.3 is 0 Å². The molecule has 0 saturated carbocycles. The maximum absolute atomic E-state index is 11.9. The largest absolute Gasteiger partial charge is 0.507 e. The van der Waals surface area contributed by atoms with Crippen LogP contribution in [-0.2, 0) is 16.2 Å². The standard InChI is InChI=1S/C37H52O3/c1-21-14-17-26(35(5,6)7)32(38)29(21)24(4)20-25(30-22(2)15-18-27(33(30)39)36(8,9)10)31-23(3)16-19-28(34(31)40)37(11,12)13/h14-19,24-25,38-40H,20H2,1-13H3/t24-/m1/s1. The van der Waals surface area contributed by atoms with Crippen molar-refractivity contribution in [1.82, 2.24) is 0 Å². The van der Waals surface area contributed by atoms with Gasteiger partial charge in [0.2, 0.25) is 0 Å². The number of phenolic OH excluding ortho intramolecular Hbond substituents is 3. The predicted molar refractivity (Wildman–Crippen MR) is 170 cm³/mol. The Bertz CT molecular complexity index is 1320. The third-order valence-corrected chi connectivity index (χ3v) is 8.51. The molecule has 0 aliphatic heterocycles. The van der Waals surface area contributed by atoms with Crippen LogP contribution in [0.15, 0.2) is 36.4 Å². The van der Waals surface area contributed by atoms with Crippen LogP contribution in [0.2, 0.25) is 0 Å². The van der Waals surface area contributed by atoms with Crippen molar-refractivity contribution in [2.75, 3.05) is 0 Å². The van der Waals surface area contributed by atoms with Crippen LogP contribution in [0.5, 0.6) is 17.2 Å². The molecule has 0 unspecified atom stereocenters. The van der Waals surface area contributed by atoms with E-state index < -0.39 is 0 Å². The normalized spacial score (nSPS) is 13.7. The molecule has 3 aromatic carbocycles. The van der Waals surface area contributed by atoms with Crippen molar-refractivity contribution in [2.24, 2.45) is 0 Å². The van der Waals surface area contributed by atoms with Crippen LogP contribution in [0.1, 0.15) is 138 Å². The van der Waals surface area contributed by atoms with Gasteiger partial charge in [-0.3, -0.25) is 0 Å². The molecule has 40 heavy (non-hydrogen) atoms. The third kappa shape index (κ3) is 6.04. The molecule has 3 N–H and O–H groups in total. The number of aromatic hydroxyl groups is 3. The Morgan fingerprint density at radius 3 is 1.07 bits per heavy atom. The highest BCUT2D eigenvalue weighted by molar-refractivity contribution is 5.59. The highest BCUT2D eigenvalue weighted by atomic mass is 16.3. The maximum Gasteiger partial charge on any atom is 0.123 e. The van der Waals surface area contributed by atoms with Crippen molar-refractivity contribution in [3.63, 3.8) is 0 Å². The predicted octanol–water partition coefficient (Wildman–Crippen LogP) is 9.95. The van der Waals surface area contributed by atoms with Crippen molar-refractivity contribution in [2.45, 2.75) is 125 Å². The van der Waals surface area contributed by atoms with Crippen molar-refractivity contribution >= 4 is 0 Å². The molecule has 0 saturated heterocycles. The van der Waals surface area contributed by atoms with E-state index in [0.717, 1.165) is 50.1 Å². The minimum atomic E-state index is -0.281. The molecule has 1 atom stereocenters. The number of hydrogen-bond acceptors (Lipinski definition) is 3. The monoisotopic (exact) mass is 544 g/mol. The molecule has 0 amide bonds. The lowest BCUT2D eigenvalue weighted by atomic mass is 9.73. The zero-order valence-corrected chi connectivity index (χ0v) is 27.2. The molecule has 0 aromatic heterocycles.